The van der Waals surface area contributed by atoms with Gasteiger partial charge in [-0.3, -0.25) is 5.43 Å². The van der Waals surface area contributed by atoms with E-state index >= 15 is 0 Å². The highest BCUT2D eigenvalue weighted by atomic mass is 35.5. The number of guanidine groups is 1. The summed E-state index contributed by atoms with van der Waals surface area (Å²) in [5, 5.41) is 2.54. The molecule has 0 unspecified atom stereocenters. The first-order valence-corrected chi connectivity index (χ1v) is 5.65. The standard InChI is InChI=1S/C11H17ClN4/c1-3-16(4-2)15-11(13)14-10-8-6-5-7-9(10)12/h5-8H,3-4H2,1-2H3,(H3,13,14,15). The van der Waals surface area contributed by atoms with Crippen molar-refractivity contribution in [3.05, 3.63) is 29.3 Å². The Labute approximate surface area is 101 Å². The summed E-state index contributed by atoms with van der Waals surface area (Å²) in [6.45, 7) is 5.79. The molecule has 0 bridgehead atoms. The van der Waals surface area contributed by atoms with Crippen LogP contribution in [0.3, 0.4) is 0 Å². The van der Waals surface area contributed by atoms with Crippen LogP contribution in [-0.4, -0.2) is 24.1 Å². The Kier molecular flexibility index (Phi) is 5.08. The van der Waals surface area contributed by atoms with Gasteiger partial charge in [0.2, 0.25) is 5.96 Å². The van der Waals surface area contributed by atoms with E-state index in [2.05, 4.69) is 10.4 Å². The second-order valence-corrected chi connectivity index (χ2v) is 3.64. The summed E-state index contributed by atoms with van der Waals surface area (Å²) in [5.41, 5.74) is 9.43. The molecule has 88 valence electrons. The molecule has 0 aliphatic rings. The van der Waals surface area contributed by atoms with Crippen molar-refractivity contribution < 1.29 is 0 Å². The minimum atomic E-state index is 0.344. The summed E-state index contributed by atoms with van der Waals surface area (Å²) >= 11 is 5.97. The van der Waals surface area contributed by atoms with Gasteiger partial charge in [-0.25, -0.2) is 10.0 Å². The number of nitrogens with two attached hydrogens (primary N) is 1. The van der Waals surface area contributed by atoms with Gasteiger partial charge in [0.15, 0.2) is 0 Å². The molecule has 5 heteroatoms. The SMILES string of the molecule is CCN(CC)NC(N)=Nc1ccccc1Cl. The normalized spacial score (nSPS) is 11.9. The Balaban J connectivity index is 2.73. The zero-order valence-electron chi connectivity index (χ0n) is 9.57. The Bertz CT molecular complexity index is 361. The largest absolute Gasteiger partial charge is 0.369 e. The first kappa shape index (κ1) is 12.8. The lowest BCUT2D eigenvalue weighted by atomic mass is 10.3. The van der Waals surface area contributed by atoms with Crippen LogP contribution in [0.1, 0.15) is 13.8 Å². The number of nitrogens with one attached hydrogen (secondary N) is 1. The molecule has 0 saturated heterocycles. The first-order valence-electron chi connectivity index (χ1n) is 5.27. The van der Waals surface area contributed by atoms with Crippen LogP contribution >= 0.6 is 11.6 Å². The molecule has 0 atom stereocenters. The van der Waals surface area contributed by atoms with Crippen LogP contribution in [0.5, 0.6) is 0 Å². The number of hydrogen-bond acceptors (Lipinski definition) is 2. The fourth-order valence-corrected chi connectivity index (χ4v) is 1.42. The van der Waals surface area contributed by atoms with Crippen LogP contribution in [0.4, 0.5) is 5.69 Å². The molecule has 0 aliphatic carbocycles. The molecule has 0 aromatic heterocycles. The van der Waals surface area contributed by atoms with Gasteiger partial charge < -0.3 is 5.73 Å². The van der Waals surface area contributed by atoms with Crippen molar-refractivity contribution in [2.45, 2.75) is 13.8 Å². The topological polar surface area (TPSA) is 53.6 Å². The summed E-state index contributed by atoms with van der Waals surface area (Å²) in [4.78, 5) is 4.20. The van der Waals surface area contributed by atoms with E-state index in [4.69, 9.17) is 17.3 Å². The fourth-order valence-electron chi connectivity index (χ4n) is 1.24. The number of hydrogen-bond donors (Lipinski definition) is 2. The van der Waals surface area contributed by atoms with E-state index in [1.54, 1.807) is 6.07 Å². The van der Waals surface area contributed by atoms with E-state index in [1.807, 2.05) is 37.1 Å². The maximum atomic E-state index is 5.97. The van der Waals surface area contributed by atoms with E-state index in [0.717, 1.165) is 13.1 Å². The molecule has 1 aromatic rings. The molecular formula is C11H17ClN4. The van der Waals surface area contributed by atoms with Gasteiger partial charge in [-0.2, -0.15) is 0 Å². The van der Waals surface area contributed by atoms with Crippen LogP contribution < -0.4 is 11.2 Å². The van der Waals surface area contributed by atoms with Crippen LogP contribution in [0.2, 0.25) is 5.02 Å². The van der Waals surface area contributed by atoms with Crippen LogP contribution in [0.15, 0.2) is 29.3 Å². The Hall–Kier alpha value is -1.26. The number of halogens is 1. The predicted octanol–water partition coefficient (Wildman–Crippen LogP) is 2.13. The average molecular weight is 241 g/mol. The van der Waals surface area contributed by atoms with E-state index < -0.39 is 0 Å². The van der Waals surface area contributed by atoms with Crippen molar-refractivity contribution in [1.29, 1.82) is 0 Å². The number of hydrazine groups is 1. The van der Waals surface area contributed by atoms with Gasteiger partial charge in [0.05, 0.1) is 10.7 Å². The maximum Gasteiger partial charge on any atom is 0.208 e. The van der Waals surface area contributed by atoms with Crippen molar-refractivity contribution in [1.82, 2.24) is 10.4 Å². The molecule has 16 heavy (non-hydrogen) atoms. The molecule has 0 saturated carbocycles. The van der Waals surface area contributed by atoms with E-state index in [0.29, 0.717) is 16.7 Å². The predicted molar refractivity (Wildman–Crippen MR) is 68.8 cm³/mol. The van der Waals surface area contributed by atoms with Crippen molar-refractivity contribution >= 4 is 23.2 Å². The second-order valence-electron chi connectivity index (χ2n) is 3.23. The quantitative estimate of drug-likeness (QED) is 0.482. The molecule has 0 heterocycles. The zero-order chi connectivity index (χ0) is 12.0. The second kappa shape index (κ2) is 6.35. The van der Waals surface area contributed by atoms with Crippen molar-refractivity contribution in [2.24, 2.45) is 10.7 Å². The molecule has 0 radical (unpaired) electrons. The first-order chi connectivity index (χ1) is 7.67. The van der Waals surface area contributed by atoms with Gasteiger partial charge in [0.25, 0.3) is 0 Å². The van der Waals surface area contributed by atoms with Gasteiger partial charge in [0.1, 0.15) is 0 Å². The zero-order valence-corrected chi connectivity index (χ0v) is 10.3. The molecular weight excluding hydrogens is 224 g/mol. The maximum absolute atomic E-state index is 5.97. The fraction of sp³-hybridized carbons (Fsp3) is 0.364. The Morgan fingerprint density at radius 2 is 2.00 bits per heavy atom. The van der Waals surface area contributed by atoms with Gasteiger partial charge in [-0.05, 0) is 12.1 Å². The number of para-hydroxylation sites is 1. The summed E-state index contributed by atoms with van der Waals surface area (Å²) in [7, 11) is 0. The molecule has 3 N–H and O–H groups in total. The minimum Gasteiger partial charge on any atom is -0.369 e. The molecule has 0 aliphatic heterocycles. The van der Waals surface area contributed by atoms with Gasteiger partial charge in [-0.15, -0.1) is 0 Å². The third kappa shape index (κ3) is 3.72. The minimum absolute atomic E-state index is 0.344. The molecule has 0 spiro atoms. The number of rotatable bonds is 4. The van der Waals surface area contributed by atoms with Gasteiger partial charge in [0, 0.05) is 13.1 Å². The third-order valence-electron chi connectivity index (χ3n) is 2.13. The van der Waals surface area contributed by atoms with E-state index in [-0.39, 0.29) is 0 Å². The van der Waals surface area contributed by atoms with E-state index in [1.165, 1.54) is 0 Å². The molecule has 0 fully saturated rings. The number of benzene rings is 1. The summed E-state index contributed by atoms with van der Waals surface area (Å²) < 4.78 is 0. The van der Waals surface area contributed by atoms with Crippen LogP contribution in [0, 0.1) is 0 Å². The number of aliphatic imine (C=N–C) groups is 1. The van der Waals surface area contributed by atoms with Crippen molar-refractivity contribution in [3.8, 4) is 0 Å². The lowest BCUT2D eigenvalue weighted by Crippen LogP contribution is -2.45. The molecule has 1 rings (SSSR count). The van der Waals surface area contributed by atoms with Crippen molar-refractivity contribution in [3.63, 3.8) is 0 Å². The van der Waals surface area contributed by atoms with Gasteiger partial charge >= 0.3 is 0 Å². The third-order valence-corrected chi connectivity index (χ3v) is 2.45. The lowest BCUT2D eigenvalue weighted by molar-refractivity contribution is 0.261. The van der Waals surface area contributed by atoms with Crippen LogP contribution in [-0.2, 0) is 0 Å². The molecule has 0 amide bonds. The average Bonchev–Trinajstić information content (AvgIpc) is 2.29. The summed E-state index contributed by atoms with van der Waals surface area (Å²) in [6.07, 6.45) is 0. The molecule has 4 nitrogen and oxygen atoms in total. The smallest absolute Gasteiger partial charge is 0.208 e. The summed E-state index contributed by atoms with van der Waals surface area (Å²) in [6, 6.07) is 7.33. The van der Waals surface area contributed by atoms with Crippen molar-refractivity contribution in [2.75, 3.05) is 13.1 Å². The van der Waals surface area contributed by atoms with E-state index in [9.17, 15) is 0 Å². The highest BCUT2D eigenvalue weighted by molar-refractivity contribution is 6.33. The number of nitrogens with zero attached hydrogens (tertiary/aromatic N) is 2. The monoisotopic (exact) mass is 240 g/mol. The van der Waals surface area contributed by atoms with Gasteiger partial charge in [-0.1, -0.05) is 37.6 Å². The highest BCUT2D eigenvalue weighted by Gasteiger charge is 2.01. The highest BCUT2D eigenvalue weighted by Crippen LogP contribution is 2.23. The molecule has 1 aromatic carbocycles. The lowest BCUT2D eigenvalue weighted by Gasteiger charge is -2.19. The Morgan fingerprint density at radius 1 is 1.38 bits per heavy atom. The van der Waals surface area contributed by atoms with Crippen LogP contribution in [0.25, 0.3) is 0 Å². The Morgan fingerprint density at radius 3 is 2.56 bits per heavy atom. The summed E-state index contributed by atoms with van der Waals surface area (Å²) in [5.74, 6) is 0.344.